The summed E-state index contributed by atoms with van der Waals surface area (Å²) in [5.41, 5.74) is -1.13. The predicted molar refractivity (Wildman–Crippen MR) is 85.2 cm³/mol. The first-order valence-electron chi connectivity index (χ1n) is 8.46. The van der Waals surface area contributed by atoms with Gasteiger partial charge in [0.25, 0.3) is 0 Å². The summed E-state index contributed by atoms with van der Waals surface area (Å²) in [5, 5.41) is 39.7. The van der Waals surface area contributed by atoms with Gasteiger partial charge in [0.05, 0.1) is 25.0 Å². The van der Waals surface area contributed by atoms with E-state index in [1.165, 1.54) is 13.2 Å². The molecule has 146 valence electrons. The van der Waals surface area contributed by atoms with Gasteiger partial charge in [-0.1, -0.05) is 6.08 Å². The molecule has 3 heterocycles. The summed E-state index contributed by atoms with van der Waals surface area (Å²) < 4.78 is 21.7. The van der Waals surface area contributed by atoms with Crippen LogP contribution in [0.1, 0.15) is 13.3 Å². The van der Waals surface area contributed by atoms with Crippen molar-refractivity contribution in [3.05, 3.63) is 24.5 Å². The van der Waals surface area contributed by atoms with Crippen LogP contribution < -0.4 is 0 Å². The maximum atomic E-state index is 11.8. The summed E-state index contributed by atoms with van der Waals surface area (Å²) in [7, 11) is 0. The molecular weight excluding hydrogens is 348 g/mol. The molecule has 26 heavy (non-hydrogen) atoms. The van der Waals surface area contributed by atoms with E-state index in [-0.39, 0.29) is 12.5 Å². The topological polar surface area (TPSA) is 135 Å². The number of esters is 1. The molecule has 8 unspecified atom stereocenters. The van der Waals surface area contributed by atoms with Gasteiger partial charge >= 0.3 is 5.97 Å². The Hall–Kier alpha value is -1.49. The predicted octanol–water partition coefficient (Wildman–Crippen LogP) is -1.20. The fraction of sp³-hybridized carbons (Fsp3) is 0.706. The van der Waals surface area contributed by atoms with Crippen molar-refractivity contribution in [2.75, 3.05) is 13.2 Å². The monoisotopic (exact) mass is 372 g/mol. The zero-order valence-corrected chi connectivity index (χ0v) is 14.4. The molecule has 0 saturated carbocycles. The fourth-order valence-corrected chi connectivity index (χ4v) is 3.51. The summed E-state index contributed by atoms with van der Waals surface area (Å²) in [5.74, 6) is -1.08. The molecule has 8 atom stereocenters. The van der Waals surface area contributed by atoms with Gasteiger partial charge in [-0.05, 0) is 13.3 Å². The van der Waals surface area contributed by atoms with Crippen LogP contribution in [0.25, 0.3) is 0 Å². The van der Waals surface area contributed by atoms with Crippen molar-refractivity contribution < 1.29 is 44.2 Å². The van der Waals surface area contributed by atoms with E-state index in [9.17, 15) is 25.2 Å². The summed E-state index contributed by atoms with van der Waals surface area (Å²) in [4.78, 5) is 11.8. The van der Waals surface area contributed by atoms with E-state index in [4.69, 9.17) is 18.9 Å². The van der Waals surface area contributed by atoms with E-state index in [1.54, 1.807) is 6.08 Å². The van der Waals surface area contributed by atoms with Crippen LogP contribution in [0, 0.1) is 11.8 Å². The third-order valence-electron chi connectivity index (χ3n) is 5.22. The molecule has 0 bridgehead atoms. The van der Waals surface area contributed by atoms with Gasteiger partial charge in [-0.25, -0.2) is 4.79 Å². The number of hydrogen-bond acceptors (Lipinski definition) is 9. The minimum Gasteiger partial charge on any atom is -0.471 e. The maximum Gasteiger partial charge on any atom is 0.337 e. The summed E-state index contributed by atoms with van der Waals surface area (Å²) in [6.07, 6.45) is -3.49. The van der Waals surface area contributed by atoms with Crippen LogP contribution >= 0.6 is 0 Å². The lowest BCUT2D eigenvalue weighted by Gasteiger charge is -2.47. The Kier molecular flexibility index (Phi) is 5.38. The number of hydrogen-bond donors (Lipinski definition) is 4. The second kappa shape index (κ2) is 7.26. The van der Waals surface area contributed by atoms with Crippen LogP contribution in [0.2, 0.25) is 0 Å². The van der Waals surface area contributed by atoms with Gasteiger partial charge in [0, 0.05) is 11.8 Å². The van der Waals surface area contributed by atoms with Gasteiger partial charge in [-0.15, -0.1) is 6.58 Å². The van der Waals surface area contributed by atoms with Gasteiger partial charge in [0.15, 0.2) is 6.29 Å². The van der Waals surface area contributed by atoms with Crippen molar-refractivity contribution in [3.8, 4) is 0 Å². The van der Waals surface area contributed by atoms with Crippen LogP contribution in [0.3, 0.4) is 0 Å². The largest absolute Gasteiger partial charge is 0.471 e. The number of cyclic esters (lactones) is 1. The molecule has 3 aliphatic rings. The minimum absolute atomic E-state index is 0.215. The third-order valence-corrected chi connectivity index (χ3v) is 5.22. The van der Waals surface area contributed by atoms with Gasteiger partial charge < -0.3 is 39.4 Å². The highest BCUT2D eigenvalue weighted by Gasteiger charge is 2.53. The van der Waals surface area contributed by atoms with Crippen molar-refractivity contribution in [1.29, 1.82) is 0 Å². The zero-order chi connectivity index (χ0) is 19.1. The number of aliphatic hydroxyl groups is 4. The Balaban J connectivity index is 1.79. The van der Waals surface area contributed by atoms with Gasteiger partial charge in [-0.2, -0.15) is 0 Å². The maximum absolute atomic E-state index is 11.8. The lowest BCUT2D eigenvalue weighted by molar-refractivity contribution is -0.363. The van der Waals surface area contributed by atoms with Crippen molar-refractivity contribution in [2.24, 2.45) is 11.8 Å². The number of carbonyl (C=O) groups excluding carboxylic acids is 1. The molecule has 0 radical (unpaired) electrons. The van der Waals surface area contributed by atoms with E-state index < -0.39 is 55.0 Å². The molecule has 9 nitrogen and oxygen atoms in total. The van der Waals surface area contributed by atoms with Crippen molar-refractivity contribution in [2.45, 2.75) is 49.8 Å². The molecule has 9 heteroatoms. The number of fused-ring (bicyclic) bond motifs is 1. The summed E-state index contributed by atoms with van der Waals surface area (Å²) >= 11 is 0. The Labute approximate surface area is 150 Å². The summed E-state index contributed by atoms with van der Waals surface area (Å²) in [6.45, 7) is 4.84. The molecule has 0 spiro atoms. The van der Waals surface area contributed by atoms with E-state index in [0.29, 0.717) is 12.0 Å². The molecule has 3 aliphatic heterocycles. The van der Waals surface area contributed by atoms with E-state index in [0.717, 1.165) is 0 Å². The Morgan fingerprint density at radius 2 is 2.08 bits per heavy atom. The van der Waals surface area contributed by atoms with Crippen LogP contribution in [-0.2, 0) is 23.7 Å². The van der Waals surface area contributed by atoms with E-state index in [1.807, 2.05) is 0 Å². The molecule has 4 N–H and O–H groups in total. The molecule has 2 fully saturated rings. The minimum atomic E-state index is -1.58. The lowest BCUT2D eigenvalue weighted by Crippen LogP contribution is -2.65. The van der Waals surface area contributed by atoms with Gasteiger partial charge in [0.2, 0.25) is 6.29 Å². The first kappa shape index (κ1) is 19.3. The Bertz CT molecular complexity index is 591. The first-order valence-corrected chi connectivity index (χ1v) is 8.46. The average Bonchev–Trinajstić information content (AvgIpc) is 2.64. The second-order valence-corrected chi connectivity index (χ2v) is 6.94. The summed E-state index contributed by atoms with van der Waals surface area (Å²) in [6, 6.07) is 0. The quantitative estimate of drug-likeness (QED) is 0.354. The van der Waals surface area contributed by atoms with E-state index in [2.05, 4.69) is 6.58 Å². The third kappa shape index (κ3) is 3.15. The van der Waals surface area contributed by atoms with Crippen LogP contribution in [0.5, 0.6) is 0 Å². The fourth-order valence-electron chi connectivity index (χ4n) is 3.51. The SMILES string of the molecule is C=CC1C(OC2OC(C)(CO)C(O)C(O)C2O)OC=C2C(=O)OCCC21. The first-order chi connectivity index (χ1) is 12.3. The number of ether oxygens (including phenoxy) is 4. The number of rotatable bonds is 4. The molecule has 0 aliphatic carbocycles. The Morgan fingerprint density at radius 3 is 2.73 bits per heavy atom. The highest BCUT2D eigenvalue weighted by Crippen LogP contribution is 2.39. The lowest BCUT2D eigenvalue weighted by atomic mass is 9.80. The standard InChI is InChI=1S/C17H24O9/c1-3-8-9-4-5-23-14(22)10(9)6-24-15(8)25-16-12(20)11(19)13(21)17(2,7-18)26-16/h3,6,8-9,11-13,15-16,18-21H,1,4-5,7H2,2H3. The molecule has 0 aromatic rings. The highest BCUT2D eigenvalue weighted by atomic mass is 16.8. The van der Waals surface area contributed by atoms with Crippen LogP contribution in [0.4, 0.5) is 0 Å². The zero-order valence-electron chi connectivity index (χ0n) is 14.4. The van der Waals surface area contributed by atoms with Crippen LogP contribution in [-0.4, -0.2) is 76.1 Å². The normalized spacial score (nSPS) is 45.8. The van der Waals surface area contributed by atoms with Crippen molar-refractivity contribution >= 4 is 5.97 Å². The van der Waals surface area contributed by atoms with Gasteiger partial charge in [-0.3, -0.25) is 0 Å². The second-order valence-electron chi connectivity index (χ2n) is 6.94. The smallest absolute Gasteiger partial charge is 0.337 e. The van der Waals surface area contributed by atoms with E-state index >= 15 is 0 Å². The molecule has 0 aromatic heterocycles. The average molecular weight is 372 g/mol. The molecular formula is C17H24O9. The number of carbonyl (C=O) groups is 1. The number of aliphatic hydroxyl groups excluding tert-OH is 4. The molecule has 0 amide bonds. The van der Waals surface area contributed by atoms with Crippen molar-refractivity contribution in [1.82, 2.24) is 0 Å². The van der Waals surface area contributed by atoms with Crippen LogP contribution in [0.15, 0.2) is 24.5 Å². The molecule has 2 saturated heterocycles. The van der Waals surface area contributed by atoms with Gasteiger partial charge in [0.1, 0.15) is 23.9 Å². The van der Waals surface area contributed by atoms with Crippen molar-refractivity contribution in [3.63, 3.8) is 0 Å². The highest BCUT2D eigenvalue weighted by molar-refractivity contribution is 5.89. The Morgan fingerprint density at radius 1 is 1.35 bits per heavy atom. The molecule has 0 aromatic carbocycles. The molecule has 3 rings (SSSR count).